The number of nitrogens with zero attached hydrogens (tertiary/aromatic N) is 1. The summed E-state index contributed by atoms with van der Waals surface area (Å²) < 4.78 is 5.74. The highest BCUT2D eigenvalue weighted by atomic mass is 16.5. The van der Waals surface area contributed by atoms with E-state index in [9.17, 15) is 9.59 Å². The van der Waals surface area contributed by atoms with Crippen LogP contribution in [0.1, 0.15) is 28.8 Å². The summed E-state index contributed by atoms with van der Waals surface area (Å²) >= 11 is 0. The lowest BCUT2D eigenvalue weighted by atomic mass is 9.89. The van der Waals surface area contributed by atoms with Crippen molar-refractivity contribution in [3.63, 3.8) is 0 Å². The van der Waals surface area contributed by atoms with E-state index in [1.54, 1.807) is 25.1 Å². The molecule has 0 bridgehead atoms. The first-order valence-electron chi connectivity index (χ1n) is 9.23. The standard InChI is InChI=1S/C21H23N3O3/c1-13-20(25)23-18-9-5-8-16(19(18)27-13)21(26)24-11-15(10-22)17(12-24)14-6-3-2-4-7-14/h2-9,13,15,17H,10-12,22H2,1H3,(H,23,25)/t13?,15-,17+/m1/s1. The monoisotopic (exact) mass is 365 g/mol. The summed E-state index contributed by atoms with van der Waals surface area (Å²) in [6.45, 7) is 3.43. The predicted molar refractivity (Wildman–Crippen MR) is 103 cm³/mol. The summed E-state index contributed by atoms with van der Waals surface area (Å²) in [4.78, 5) is 26.9. The number of likely N-dealkylation sites (tertiary alicyclic amines) is 1. The lowest BCUT2D eigenvalue weighted by molar-refractivity contribution is -0.122. The number of nitrogens with one attached hydrogen (secondary N) is 1. The van der Waals surface area contributed by atoms with Gasteiger partial charge in [0, 0.05) is 19.0 Å². The number of anilines is 1. The van der Waals surface area contributed by atoms with Gasteiger partial charge in [0.15, 0.2) is 11.9 Å². The van der Waals surface area contributed by atoms with Crippen LogP contribution >= 0.6 is 0 Å². The van der Waals surface area contributed by atoms with Crippen LogP contribution in [0, 0.1) is 5.92 Å². The van der Waals surface area contributed by atoms with Gasteiger partial charge < -0.3 is 20.7 Å². The molecule has 4 rings (SSSR count). The number of carbonyl (C=O) groups excluding carboxylic acids is 2. The Morgan fingerprint density at radius 3 is 2.70 bits per heavy atom. The Balaban J connectivity index is 1.61. The molecule has 0 radical (unpaired) electrons. The highest BCUT2D eigenvalue weighted by Crippen LogP contribution is 2.37. The van der Waals surface area contributed by atoms with Crippen LogP contribution in [0.2, 0.25) is 0 Å². The zero-order chi connectivity index (χ0) is 19.0. The van der Waals surface area contributed by atoms with Crippen molar-refractivity contribution in [2.75, 3.05) is 25.0 Å². The lowest BCUT2D eigenvalue weighted by Crippen LogP contribution is -2.36. The van der Waals surface area contributed by atoms with Crippen LogP contribution in [-0.4, -0.2) is 42.5 Å². The lowest BCUT2D eigenvalue weighted by Gasteiger charge is -2.26. The van der Waals surface area contributed by atoms with Crippen LogP contribution in [-0.2, 0) is 4.79 Å². The fourth-order valence-corrected chi connectivity index (χ4v) is 3.92. The van der Waals surface area contributed by atoms with Gasteiger partial charge in [0.05, 0.1) is 11.3 Å². The maximum Gasteiger partial charge on any atom is 0.265 e. The molecule has 1 fully saturated rings. The van der Waals surface area contributed by atoms with Crippen LogP contribution in [0.4, 0.5) is 5.69 Å². The van der Waals surface area contributed by atoms with Gasteiger partial charge in [-0.05, 0) is 37.1 Å². The molecular formula is C21H23N3O3. The van der Waals surface area contributed by atoms with Crippen LogP contribution in [0.3, 0.4) is 0 Å². The topological polar surface area (TPSA) is 84.7 Å². The Morgan fingerprint density at radius 1 is 1.19 bits per heavy atom. The van der Waals surface area contributed by atoms with Gasteiger partial charge >= 0.3 is 0 Å². The molecule has 2 aliphatic rings. The number of para-hydroxylation sites is 1. The second kappa shape index (κ2) is 7.04. The molecule has 3 N–H and O–H groups in total. The first kappa shape index (κ1) is 17.5. The summed E-state index contributed by atoms with van der Waals surface area (Å²) in [5.41, 5.74) is 8.22. The van der Waals surface area contributed by atoms with Crippen LogP contribution < -0.4 is 15.8 Å². The van der Waals surface area contributed by atoms with Crippen molar-refractivity contribution in [3.8, 4) is 5.75 Å². The van der Waals surface area contributed by atoms with Crippen molar-refractivity contribution in [3.05, 3.63) is 59.7 Å². The zero-order valence-electron chi connectivity index (χ0n) is 15.2. The van der Waals surface area contributed by atoms with Crippen molar-refractivity contribution >= 4 is 17.5 Å². The van der Waals surface area contributed by atoms with Gasteiger partial charge in [-0.3, -0.25) is 9.59 Å². The van der Waals surface area contributed by atoms with Crippen LogP contribution in [0.15, 0.2) is 48.5 Å². The molecule has 0 saturated carbocycles. The largest absolute Gasteiger partial charge is 0.478 e. The van der Waals surface area contributed by atoms with Gasteiger partial charge in [-0.25, -0.2) is 0 Å². The molecule has 2 aromatic rings. The summed E-state index contributed by atoms with van der Waals surface area (Å²) in [7, 11) is 0. The molecule has 2 amide bonds. The molecule has 3 atom stereocenters. The smallest absolute Gasteiger partial charge is 0.265 e. The van der Waals surface area contributed by atoms with E-state index in [-0.39, 0.29) is 23.7 Å². The summed E-state index contributed by atoms with van der Waals surface area (Å²) in [6, 6.07) is 15.4. The molecule has 1 unspecified atom stereocenters. The van der Waals surface area contributed by atoms with Crippen molar-refractivity contribution < 1.29 is 14.3 Å². The Morgan fingerprint density at radius 2 is 1.96 bits per heavy atom. The second-order valence-electron chi connectivity index (χ2n) is 7.15. The van der Waals surface area contributed by atoms with Crippen molar-refractivity contribution in [1.82, 2.24) is 4.90 Å². The maximum atomic E-state index is 13.2. The molecule has 6 nitrogen and oxygen atoms in total. The average Bonchev–Trinajstić information content (AvgIpc) is 3.13. The van der Waals surface area contributed by atoms with Gasteiger partial charge in [-0.2, -0.15) is 0 Å². The number of nitrogens with two attached hydrogens (primary N) is 1. The number of rotatable bonds is 3. The molecular weight excluding hydrogens is 342 g/mol. The number of fused-ring (bicyclic) bond motifs is 1. The molecule has 140 valence electrons. The molecule has 2 aromatic carbocycles. The summed E-state index contributed by atoms with van der Waals surface area (Å²) in [6.07, 6.45) is -0.626. The number of benzene rings is 2. The third kappa shape index (κ3) is 3.17. The van der Waals surface area contributed by atoms with Crippen molar-refractivity contribution in [2.24, 2.45) is 11.7 Å². The molecule has 27 heavy (non-hydrogen) atoms. The van der Waals surface area contributed by atoms with Crippen molar-refractivity contribution in [1.29, 1.82) is 0 Å². The van der Waals surface area contributed by atoms with Gasteiger partial charge in [-0.15, -0.1) is 0 Å². The summed E-state index contributed by atoms with van der Waals surface area (Å²) in [5.74, 6) is 0.587. The molecule has 2 heterocycles. The Bertz CT molecular complexity index is 868. The Kier molecular flexibility index (Phi) is 4.58. The first-order valence-corrected chi connectivity index (χ1v) is 9.23. The highest BCUT2D eigenvalue weighted by Gasteiger charge is 2.37. The molecule has 0 aliphatic carbocycles. The second-order valence-corrected chi connectivity index (χ2v) is 7.15. The number of ether oxygens (including phenoxy) is 1. The van der Waals surface area contributed by atoms with E-state index in [1.807, 2.05) is 23.1 Å². The Hall–Kier alpha value is -2.86. The minimum Gasteiger partial charge on any atom is -0.478 e. The predicted octanol–water partition coefficient (Wildman–Crippen LogP) is 2.22. The molecule has 2 aliphatic heterocycles. The zero-order valence-corrected chi connectivity index (χ0v) is 15.2. The molecule has 6 heteroatoms. The minimum atomic E-state index is -0.626. The average molecular weight is 365 g/mol. The maximum absolute atomic E-state index is 13.2. The number of hydrogen-bond acceptors (Lipinski definition) is 4. The fraction of sp³-hybridized carbons (Fsp3) is 0.333. The van der Waals surface area contributed by atoms with Gasteiger partial charge in [0.1, 0.15) is 0 Å². The van der Waals surface area contributed by atoms with E-state index in [4.69, 9.17) is 10.5 Å². The van der Waals surface area contributed by atoms with E-state index in [0.29, 0.717) is 36.6 Å². The van der Waals surface area contributed by atoms with E-state index >= 15 is 0 Å². The van der Waals surface area contributed by atoms with E-state index in [0.717, 1.165) is 0 Å². The fourth-order valence-electron chi connectivity index (χ4n) is 3.92. The molecule has 1 saturated heterocycles. The van der Waals surface area contributed by atoms with Gasteiger partial charge in [0.2, 0.25) is 0 Å². The van der Waals surface area contributed by atoms with E-state index < -0.39 is 6.10 Å². The summed E-state index contributed by atoms with van der Waals surface area (Å²) in [5, 5.41) is 2.80. The third-order valence-corrected chi connectivity index (χ3v) is 5.43. The molecule has 0 spiro atoms. The Labute approximate surface area is 158 Å². The van der Waals surface area contributed by atoms with Gasteiger partial charge in [0.25, 0.3) is 11.8 Å². The quantitative estimate of drug-likeness (QED) is 0.873. The van der Waals surface area contributed by atoms with Crippen molar-refractivity contribution in [2.45, 2.75) is 18.9 Å². The van der Waals surface area contributed by atoms with E-state index in [2.05, 4.69) is 17.4 Å². The third-order valence-electron chi connectivity index (χ3n) is 5.43. The first-order chi connectivity index (χ1) is 13.1. The number of hydrogen-bond donors (Lipinski definition) is 2. The number of amides is 2. The van der Waals surface area contributed by atoms with Crippen LogP contribution in [0.5, 0.6) is 5.75 Å². The van der Waals surface area contributed by atoms with Crippen LogP contribution in [0.25, 0.3) is 0 Å². The van der Waals surface area contributed by atoms with Gasteiger partial charge in [-0.1, -0.05) is 36.4 Å². The number of carbonyl (C=O) groups is 2. The highest BCUT2D eigenvalue weighted by molar-refractivity contribution is 6.04. The van der Waals surface area contributed by atoms with E-state index in [1.165, 1.54) is 5.56 Å². The minimum absolute atomic E-state index is 0.0907. The molecule has 0 aromatic heterocycles. The SMILES string of the molecule is CC1Oc2c(cccc2C(=O)N2C[C@@H](CN)[C@H](c3ccccc3)C2)NC1=O. The normalized spacial score (nSPS) is 24.1.